The van der Waals surface area contributed by atoms with Crippen LogP contribution in [0.3, 0.4) is 0 Å². The van der Waals surface area contributed by atoms with Gasteiger partial charge in [0.05, 0.1) is 5.60 Å². The fraction of sp³-hybridized carbons (Fsp3) is 0.553. The van der Waals surface area contributed by atoms with Crippen molar-refractivity contribution in [2.75, 3.05) is 0 Å². The molecule has 4 aliphatic carbocycles. The van der Waals surface area contributed by atoms with E-state index in [-0.39, 0.29) is 46.4 Å². The smallest absolute Gasteiger partial charge is 0.293 e. The lowest BCUT2D eigenvalue weighted by atomic mass is 9.51. The van der Waals surface area contributed by atoms with E-state index in [4.69, 9.17) is 18.9 Å². The predicted octanol–water partition coefficient (Wildman–Crippen LogP) is 6.64. The van der Waals surface area contributed by atoms with Gasteiger partial charge < -0.3 is 24.1 Å². The molecule has 0 radical (unpaired) electrons. The summed E-state index contributed by atoms with van der Waals surface area (Å²) in [7, 11) is 0. The molecule has 2 saturated carbocycles. The topological polar surface area (TPSA) is 108 Å². The lowest BCUT2D eigenvalue weighted by Gasteiger charge is -2.56. The van der Waals surface area contributed by atoms with Crippen molar-refractivity contribution in [2.24, 2.45) is 17.8 Å². The number of hydrogen-bond acceptors (Lipinski definition) is 8. The van der Waals surface area contributed by atoms with Crippen molar-refractivity contribution in [3.63, 3.8) is 0 Å². The normalized spacial score (nSPS) is 36.5. The van der Waals surface area contributed by atoms with E-state index in [0.717, 1.165) is 24.0 Å². The molecule has 3 fully saturated rings. The number of benzene rings is 1. The molecule has 7 aliphatic rings. The van der Waals surface area contributed by atoms with Crippen molar-refractivity contribution in [2.45, 2.75) is 115 Å². The number of hydrogen-bond donors (Lipinski definition) is 1. The van der Waals surface area contributed by atoms with Gasteiger partial charge >= 0.3 is 0 Å². The van der Waals surface area contributed by atoms with Gasteiger partial charge in [0.1, 0.15) is 34.5 Å². The Morgan fingerprint density at radius 1 is 1.17 bits per heavy atom. The summed E-state index contributed by atoms with van der Waals surface area (Å²) < 4.78 is 25.9. The molecule has 1 aromatic carbocycles. The van der Waals surface area contributed by atoms with E-state index in [9.17, 15) is 19.5 Å². The number of ether oxygens (including phenoxy) is 4. The second-order valence-corrected chi connectivity index (χ2v) is 15.4. The summed E-state index contributed by atoms with van der Waals surface area (Å²) in [6, 6.07) is 0. The zero-order valence-corrected chi connectivity index (χ0v) is 27.8. The van der Waals surface area contributed by atoms with Crippen LogP contribution in [0.5, 0.6) is 17.2 Å². The van der Waals surface area contributed by atoms with Crippen LogP contribution in [-0.2, 0) is 25.5 Å². The second-order valence-electron chi connectivity index (χ2n) is 15.4. The molecule has 6 bridgehead atoms. The fourth-order valence-electron chi connectivity index (χ4n) is 9.52. The summed E-state index contributed by atoms with van der Waals surface area (Å²) in [5, 5.41) is 12.2. The number of allylic oxidation sites excluding steroid dienone is 4. The first-order valence-electron chi connectivity index (χ1n) is 16.5. The van der Waals surface area contributed by atoms with Crippen molar-refractivity contribution in [3.05, 3.63) is 64.3 Å². The van der Waals surface area contributed by atoms with Crippen LogP contribution in [0, 0.1) is 17.8 Å². The lowest BCUT2D eigenvalue weighted by Crippen LogP contribution is -2.71. The predicted molar refractivity (Wildman–Crippen MR) is 171 cm³/mol. The maximum absolute atomic E-state index is 15.0. The van der Waals surface area contributed by atoms with Crippen LogP contribution in [0.2, 0.25) is 0 Å². The van der Waals surface area contributed by atoms with Crippen LogP contribution in [0.15, 0.2) is 47.6 Å². The zero-order chi connectivity index (χ0) is 33.1. The van der Waals surface area contributed by atoms with E-state index >= 15 is 0 Å². The lowest BCUT2D eigenvalue weighted by molar-refractivity contribution is -0.160. The molecule has 8 atom stereocenters. The van der Waals surface area contributed by atoms with Gasteiger partial charge in [0.15, 0.2) is 22.8 Å². The van der Waals surface area contributed by atoms with E-state index in [1.54, 1.807) is 25.2 Å². The first kappa shape index (κ1) is 31.0. The van der Waals surface area contributed by atoms with Gasteiger partial charge in [0.25, 0.3) is 6.47 Å². The highest BCUT2D eigenvalue weighted by Crippen LogP contribution is 2.69. The molecular formula is C38H44O8. The van der Waals surface area contributed by atoms with Gasteiger partial charge in [0.2, 0.25) is 0 Å². The van der Waals surface area contributed by atoms with Crippen molar-refractivity contribution >= 4 is 18.0 Å². The summed E-state index contributed by atoms with van der Waals surface area (Å²) in [6.07, 6.45) is 9.74. The third-order valence-electron chi connectivity index (χ3n) is 11.6. The van der Waals surface area contributed by atoms with E-state index in [1.165, 1.54) is 0 Å². The standard InChI is InChI=1S/C38H44O8/c1-19(2)9-10-24-32-28(25-17-36(8,44-32)13-12-23(25)20(3)4)31(41)29-30(40)26-15-22-16-27-35(6,7)46-37(34(22)42,14-11-21(5)43-18-39)38(26,27)45-33(24)29/h9,11,14-15,18,21-23,25,27,41H,3,10,12-13,16-17H2,1-2,4-8H3/b14-11+/t21?,22-,23?,25-,27?,36-,37-,38-/m1/s1. The van der Waals surface area contributed by atoms with Crippen LogP contribution in [0.25, 0.3) is 0 Å². The Balaban J connectivity index is 1.52. The first-order chi connectivity index (χ1) is 21.6. The molecule has 0 amide bonds. The summed E-state index contributed by atoms with van der Waals surface area (Å²) in [4.78, 5) is 40.4. The molecule has 8 heteroatoms. The maximum atomic E-state index is 15.0. The maximum Gasteiger partial charge on any atom is 0.293 e. The average Bonchev–Trinajstić information content (AvgIpc) is 3.12. The summed E-state index contributed by atoms with van der Waals surface area (Å²) in [5.41, 5.74) is -0.480. The number of fused-ring (bicyclic) bond motifs is 5. The minimum absolute atomic E-state index is 0.0650. The van der Waals surface area contributed by atoms with Crippen molar-refractivity contribution in [3.8, 4) is 17.2 Å². The van der Waals surface area contributed by atoms with Gasteiger partial charge in [0, 0.05) is 34.5 Å². The largest absolute Gasteiger partial charge is 0.507 e. The van der Waals surface area contributed by atoms with Crippen LogP contribution in [0.4, 0.5) is 0 Å². The van der Waals surface area contributed by atoms with Crippen molar-refractivity contribution in [1.82, 2.24) is 0 Å². The molecule has 46 heavy (non-hydrogen) atoms. The molecule has 1 saturated heterocycles. The molecule has 3 unspecified atom stereocenters. The van der Waals surface area contributed by atoms with Gasteiger partial charge in [-0.2, -0.15) is 0 Å². The number of phenols is 1. The highest BCUT2D eigenvalue weighted by atomic mass is 16.6. The molecule has 244 valence electrons. The zero-order valence-electron chi connectivity index (χ0n) is 27.8. The second kappa shape index (κ2) is 9.93. The molecule has 0 aromatic heterocycles. The Bertz CT molecular complexity index is 1690. The first-order valence-corrected chi connectivity index (χ1v) is 16.5. The monoisotopic (exact) mass is 628 g/mol. The van der Waals surface area contributed by atoms with Gasteiger partial charge in [-0.05, 0) is 98.6 Å². The van der Waals surface area contributed by atoms with Crippen LogP contribution in [-0.4, -0.2) is 51.7 Å². The van der Waals surface area contributed by atoms with E-state index in [2.05, 4.69) is 19.6 Å². The molecule has 3 aliphatic heterocycles. The SMILES string of the molecule is C=C(C)C1CC[C@]2(C)C[C@H]1c1c(O)c3c(c(CC=C(C)C)c1O2)O[C@]12C(=C[C@@H]4CC1C(C)(C)O[C@]2(/C=C/C(C)OC=O)C4=O)C3=O. The van der Waals surface area contributed by atoms with Crippen LogP contribution < -0.4 is 9.47 Å². The molecule has 3 heterocycles. The van der Waals surface area contributed by atoms with Crippen LogP contribution >= 0.6 is 0 Å². The molecule has 8 rings (SSSR count). The summed E-state index contributed by atoms with van der Waals surface area (Å²) in [5.74, 6) is -0.685. The summed E-state index contributed by atoms with van der Waals surface area (Å²) in [6.45, 7) is 18.4. The van der Waals surface area contributed by atoms with E-state index < -0.39 is 34.4 Å². The Kier molecular flexibility index (Phi) is 6.68. The highest BCUT2D eigenvalue weighted by Gasteiger charge is 2.81. The number of carbonyl (C=O) groups excluding carboxylic acids is 3. The van der Waals surface area contributed by atoms with Gasteiger partial charge in [-0.15, -0.1) is 0 Å². The highest BCUT2D eigenvalue weighted by molar-refractivity contribution is 6.19. The molecule has 1 aromatic rings. The quantitative estimate of drug-likeness (QED) is 0.265. The van der Waals surface area contributed by atoms with E-state index in [0.29, 0.717) is 48.2 Å². The number of phenolic OH excluding ortho intramolecular Hbond substituents is 1. The Hall–Kier alpha value is -3.65. The number of ketones is 2. The number of rotatable bonds is 7. The van der Waals surface area contributed by atoms with Crippen molar-refractivity contribution in [1.29, 1.82) is 0 Å². The van der Waals surface area contributed by atoms with Crippen molar-refractivity contribution < 1.29 is 38.4 Å². The third-order valence-corrected chi connectivity index (χ3v) is 11.6. The number of aromatic hydroxyl groups is 1. The Morgan fingerprint density at radius 2 is 1.91 bits per heavy atom. The Morgan fingerprint density at radius 3 is 2.59 bits per heavy atom. The van der Waals surface area contributed by atoms with Crippen LogP contribution in [0.1, 0.15) is 102 Å². The van der Waals surface area contributed by atoms with E-state index in [1.807, 2.05) is 34.6 Å². The number of carbonyl (C=O) groups is 3. The Labute approximate surface area is 270 Å². The fourth-order valence-corrected chi connectivity index (χ4v) is 9.52. The minimum atomic E-state index is -1.64. The molecule has 8 nitrogen and oxygen atoms in total. The average molecular weight is 629 g/mol. The van der Waals surface area contributed by atoms with Gasteiger partial charge in [-0.25, -0.2) is 0 Å². The molecule has 1 spiro atoms. The minimum Gasteiger partial charge on any atom is -0.507 e. The molecule has 1 N–H and O–H groups in total. The van der Waals surface area contributed by atoms with Gasteiger partial charge in [-0.3, -0.25) is 14.4 Å². The third kappa shape index (κ3) is 3.91. The van der Waals surface area contributed by atoms with Gasteiger partial charge in [-0.1, -0.05) is 29.9 Å². The molecular weight excluding hydrogens is 584 g/mol. The number of Topliss-reactive ketones (excluding diaryl/α,β-unsaturated/α-hetero) is 2. The summed E-state index contributed by atoms with van der Waals surface area (Å²) >= 11 is 0.